The summed E-state index contributed by atoms with van der Waals surface area (Å²) in [7, 11) is 0. The molecule has 0 bridgehead atoms. The summed E-state index contributed by atoms with van der Waals surface area (Å²) < 4.78 is 0. The summed E-state index contributed by atoms with van der Waals surface area (Å²) in [6.45, 7) is 3.90. The van der Waals surface area contributed by atoms with Crippen molar-refractivity contribution in [2.75, 3.05) is 0 Å². The van der Waals surface area contributed by atoms with Gasteiger partial charge in [0.2, 0.25) is 0 Å². The molecule has 0 aromatic rings. The number of hydrogen-bond donors (Lipinski definition) is 0. The molecule has 12 heavy (non-hydrogen) atoms. The Morgan fingerprint density at radius 2 is 1.17 bits per heavy atom. The first-order valence-corrected chi connectivity index (χ1v) is 3.53. The van der Waals surface area contributed by atoms with Crippen LogP contribution >= 0.6 is 0 Å². The van der Waals surface area contributed by atoms with Crippen molar-refractivity contribution in [3.63, 3.8) is 0 Å². The number of carbonyl (C=O) groups excluding carboxylic acids is 2. The summed E-state index contributed by atoms with van der Waals surface area (Å²) in [6.07, 6.45) is 6.54. The van der Waals surface area contributed by atoms with Crippen LogP contribution in [-0.4, -0.2) is 18.0 Å². The molecular weight excluding hydrogens is 192 g/mol. The van der Waals surface area contributed by atoms with E-state index in [9.17, 15) is 9.59 Å². The van der Waals surface area contributed by atoms with E-state index in [4.69, 9.17) is 0 Å². The summed E-state index contributed by atoms with van der Waals surface area (Å²) in [4.78, 5) is 18.6. The fourth-order valence-corrected chi connectivity index (χ4v) is 0.204. The van der Waals surface area contributed by atoms with E-state index in [1.165, 1.54) is 0 Å². The molecule has 0 aromatic carbocycles. The second-order valence-corrected chi connectivity index (χ2v) is 1.79. The van der Waals surface area contributed by atoms with Gasteiger partial charge in [-0.3, -0.25) is 12.6 Å². The maximum Gasteiger partial charge on any atom is 2.00 e. The summed E-state index contributed by atoms with van der Waals surface area (Å²) in [5, 5.41) is 0. The molecule has 70 valence electrons. The number of rotatable bonds is 4. The zero-order valence-electron chi connectivity index (χ0n) is 7.64. The van der Waals surface area contributed by atoms with Crippen LogP contribution in [0.15, 0.2) is 0 Å². The fourth-order valence-electron chi connectivity index (χ4n) is 0.204. The van der Waals surface area contributed by atoms with Gasteiger partial charge in [0, 0.05) is 0 Å². The maximum absolute atomic E-state index is 9.28. The molecule has 0 amide bonds. The van der Waals surface area contributed by atoms with Gasteiger partial charge in [-0.05, 0) is 0 Å². The molecule has 0 aliphatic carbocycles. The van der Waals surface area contributed by atoms with Crippen molar-refractivity contribution in [2.24, 2.45) is 0 Å². The van der Waals surface area contributed by atoms with Gasteiger partial charge in [-0.2, -0.15) is 12.8 Å². The van der Waals surface area contributed by atoms with Crippen molar-refractivity contribution < 1.29 is 36.8 Å². The van der Waals surface area contributed by atoms with Crippen molar-refractivity contribution in [3.8, 4) is 0 Å². The van der Waals surface area contributed by atoms with E-state index in [1.54, 1.807) is 12.6 Å². The quantitative estimate of drug-likeness (QED) is 0.510. The zero-order chi connectivity index (χ0) is 8.24. The van der Waals surface area contributed by atoms with Gasteiger partial charge in [-0.1, -0.05) is 26.7 Å². The van der Waals surface area contributed by atoms with Crippen LogP contribution in [0.3, 0.4) is 0 Å². The van der Waals surface area contributed by atoms with Gasteiger partial charge in [0.05, 0.1) is 0 Å². The van der Waals surface area contributed by atoms with Crippen molar-refractivity contribution in [1.82, 2.24) is 0 Å². The predicted octanol–water partition coefficient (Wildman–Crippen LogP) is 0.965. The van der Waals surface area contributed by atoms with Gasteiger partial charge in [-0.15, -0.1) is 0 Å². The van der Waals surface area contributed by atoms with Gasteiger partial charge in [-0.25, -0.2) is 0 Å². The van der Waals surface area contributed by atoms with Gasteiger partial charge < -0.3 is 15.1 Å². The largest absolute Gasteiger partial charge is 2.00 e. The van der Waals surface area contributed by atoms with Crippen LogP contribution in [0.4, 0.5) is 0 Å². The molecule has 4 heteroatoms. The molecule has 0 radical (unpaired) electrons. The molecule has 0 heterocycles. The van der Waals surface area contributed by atoms with E-state index in [0.29, 0.717) is 12.8 Å². The van der Waals surface area contributed by atoms with E-state index < -0.39 is 0 Å². The van der Waals surface area contributed by atoms with Crippen LogP contribution in [-0.2, 0) is 31.3 Å². The van der Waals surface area contributed by atoms with Crippen molar-refractivity contribution in [1.29, 1.82) is 0 Å². The van der Waals surface area contributed by atoms with Gasteiger partial charge in [0.1, 0.15) is 0 Å². The predicted molar refractivity (Wildman–Crippen MR) is 44.8 cm³/mol. The smallest absolute Gasteiger partial charge is 0.542 e. The first-order chi connectivity index (χ1) is 4.83. The van der Waals surface area contributed by atoms with Crippen LogP contribution in [0.5, 0.6) is 0 Å². The summed E-state index contributed by atoms with van der Waals surface area (Å²) >= 11 is 0. The van der Waals surface area contributed by atoms with Gasteiger partial charge in [0.25, 0.3) is 0 Å². The molecule has 0 saturated heterocycles. The Labute approximate surface area is 89.1 Å². The van der Waals surface area contributed by atoms with E-state index >= 15 is 0 Å². The Morgan fingerprint density at radius 1 is 0.917 bits per heavy atom. The second kappa shape index (κ2) is 30.5. The van der Waals surface area contributed by atoms with Crippen LogP contribution in [0.2, 0.25) is 0 Å². The molecule has 0 atom stereocenters. The third-order valence-corrected chi connectivity index (χ3v) is 0.704. The molecule has 2 N–H and O–H groups in total. The summed E-state index contributed by atoms with van der Waals surface area (Å²) in [6, 6.07) is 0. The molecule has 0 unspecified atom stereocenters. The summed E-state index contributed by atoms with van der Waals surface area (Å²) in [5.74, 6) is 0. The van der Waals surface area contributed by atoms with Crippen molar-refractivity contribution in [2.45, 2.75) is 39.5 Å². The third kappa shape index (κ3) is 50.5. The molecule has 0 saturated carbocycles. The zero-order valence-corrected chi connectivity index (χ0v) is 9.21. The molecular formula is C8H16O3Ti. The normalized spacial score (nSPS) is 6.17. The molecule has 0 aromatic heterocycles. The van der Waals surface area contributed by atoms with Crippen molar-refractivity contribution >= 4 is 12.6 Å². The fraction of sp³-hybridized carbons (Fsp3) is 0.750. The molecule has 0 rings (SSSR count). The molecule has 0 fully saturated rings. The van der Waals surface area contributed by atoms with Gasteiger partial charge >= 0.3 is 21.7 Å². The van der Waals surface area contributed by atoms with E-state index in [0.717, 1.165) is 12.8 Å². The minimum absolute atomic E-state index is 0. The first-order valence-electron chi connectivity index (χ1n) is 3.53. The third-order valence-electron chi connectivity index (χ3n) is 0.704. The topological polar surface area (TPSA) is 65.6 Å². The maximum atomic E-state index is 9.28. The minimum Gasteiger partial charge on any atom is -0.542 e. The molecule has 3 nitrogen and oxygen atoms in total. The van der Waals surface area contributed by atoms with Crippen molar-refractivity contribution in [3.05, 3.63) is 0 Å². The Kier molecular flexibility index (Phi) is 57.7. The Balaban J connectivity index is -0.0000000457. The molecule has 0 aliphatic heterocycles. The SMILES string of the molecule is CCC[C-]=O.CCC[C-]=O.O.[Ti+2]. The van der Waals surface area contributed by atoms with Crippen LogP contribution < -0.4 is 0 Å². The van der Waals surface area contributed by atoms with Crippen LogP contribution in [0.25, 0.3) is 0 Å². The Bertz CT molecular complexity index is 66.7. The second-order valence-electron chi connectivity index (χ2n) is 1.79. The minimum atomic E-state index is 0. The van der Waals surface area contributed by atoms with Gasteiger partial charge in [0.15, 0.2) is 0 Å². The average molecular weight is 208 g/mol. The van der Waals surface area contributed by atoms with Crippen LogP contribution in [0.1, 0.15) is 39.5 Å². The molecule has 0 aliphatic rings. The van der Waals surface area contributed by atoms with E-state index in [-0.39, 0.29) is 27.2 Å². The monoisotopic (exact) mass is 208 g/mol. The number of unbranched alkanes of at least 4 members (excludes halogenated alkanes) is 2. The van der Waals surface area contributed by atoms with Crippen LogP contribution in [0, 0.1) is 0 Å². The van der Waals surface area contributed by atoms with E-state index in [2.05, 4.69) is 0 Å². The molecule has 0 spiro atoms. The number of hydrogen-bond acceptors (Lipinski definition) is 2. The summed E-state index contributed by atoms with van der Waals surface area (Å²) in [5.41, 5.74) is 0. The first kappa shape index (κ1) is 22.7. The Morgan fingerprint density at radius 3 is 1.17 bits per heavy atom. The van der Waals surface area contributed by atoms with E-state index in [1.807, 2.05) is 13.8 Å². The standard InChI is InChI=1S/2C4H7O.H2O.Ti/c2*1-2-3-4-5;;/h2*2-3H2,1H3;1H2;/q2*-1;;+2. The average Bonchev–Trinajstić information content (AvgIpc) is 1.93. The Hall–Kier alpha value is 0.0143.